The Balaban J connectivity index is 3.28. The van der Waals surface area contributed by atoms with Crippen molar-refractivity contribution in [3.63, 3.8) is 0 Å². The first kappa shape index (κ1) is 12.5. The highest BCUT2D eigenvalue weighted by molar-refractivity contribution is 7.80. The van der Waals surface area contributed by atoms with Crippen molar-refractivity contribution in [2.75, 3.05) is 0 Å². The number of hydrogen-bond acceptors (Lipinski definition) is 2. The highest BCUT2D eigenvalue weighted by atomic mass is 35.5. The Bertz CT molecular complexity index is 382. The molecule has 1 unspecified atom stereocenters. The van der Waals surface area contributed by atoms with Gasteiger partial charge in [0.05, 0.1) is 0 Å². The maximum atomic E-state index is 12.7. The lowest BCUT2D eigenvalue weighted by molar-refractivity contribution is -0.116. The molecular formula is C10H9ClF2OS. The van der Waals surface area contributed by atoms with Gasteiger partial charge in [0.2, 0.25) is 0 Å². The molecule has 0 aliphatic rings. The molecule has 1 aromatic carbocycles. The van der Waals surface area contributed by atoms with Gasteiger partial charge in [-0.1, -0.05) is 12.1 Å². The van der Waals surface area contributed by atoms with E-state index >= 15 is 0 Å². The molecule has 82 valence electrons. The third kappa shape index (κ3) is 2.69. The van der Waals surface area contributed by atoms with Crippen molar-refractivity contribution in [2.45, 2.75) is 23.6 Å². The second-order valence-corrected chi connectivity index (χ2v) is 3.97. The van der Waals surface area contributed by atoms with Crippen molar-refractivity contribution in [3.05, 3.63) is 29.3 Å². The van der Waals surface area contributed by atoms with Gasteiger partial charge in [0.1, 0.15) is 5.38 Å². The lowest BCUT2D eigenvalue weighted by Crippen LogP contribution is -2.06. The van der Waals surface area contributed by atoms with Crippen LogP contribution in [0.15, 0.2) is 23.1 Å². The number of halogens is 3. The molecule has 0 aliphatic heterocycles. The maximum absolute atomic E-state index is 12.7. The number of alkyl halides is 3. The Kier molecular flexibility index (Phi) is 4.11. The van der Waals surface area contributed by atoms with Crippen molar-refractivity contribution in [2.24, 2.45) is 0 Å². The van der Waals surface area contributed by atoms with Crippen LogP contribution < -0.4 is 0 Å². The van der Waals surface area contributed by atoms with Gasteiger partial charge in [0.15, 0.2) is 5.78 Å². The number of carbonyl (C=O) groups is 1. The third-order valence-corrected chi connectivity index (χ3v) is 2.90. The van der Waals surface area contributed by atoms with Crippen LogP contribution in [0.3, 0.4) is 0 Å². The molecule has 1 aromatic rings. The topological polar surface area (TPSA) is 17.1 Å². The van der Waals surface area contributed by atoms with E-state index in [0.29, 0.717) is 0 Å². The van der Waals surface area contributed by atoms with E-state index < -0.39 is 11.8 Å². The molecule has 1 atom stereocenters. The van der Waals surface area contributed by atoms with Gasteiger partial charge >= 0.3 is 0 Å². The predicted octanol–water partition coefficient (Wildman–Crippen LogP) is 3.78. The van der Waals surface area contributed by atoms with Gasteiger partial charge in [0, 0.05) is 10.5 Å². The molecule has 1 nitrogen and oxygen atoms in total. The van der Waals surface area contributed by atoms with Crippen LogP contribution in [0.25, 0.3) is 0 Å². The fourth-order valence-electron chi connectivity index (χ4n) is 1.25. The summed E-state index contributed by atoms with van der Waals surface area (Å²) in [4.78, 5) is 11.2. The van der Waals surface area contributed by atoms with Crippen molar-refractivity contribution in [3.8, 4) is 0 Å². The van der Waals surface area contributed by atoms with Crippen LogP contribution in [0.1, 0.15) is 29.9 Å². The molecule has 0 aromatic heterocycles. The summed E-state index contributed by atoms with van der Waals surface area (Å²) in [5.41, 5.74) is -0.136. The number of ketones is 1. The predicted molar refractivity (Wildman–Crippen MR) is 57.9 cm³/mol. The summed E-state index contributed by atoms with van der Waals surface area (Å²) in [5.74, 6) is -0.363. The van der Waals surface area contributed by atoms with Gasteiger partial charge in [-0.15, -0.1) is 24.2 Å². The number of hydrogen-bond donors (Lipinski definition) is 1. The van der Waals surface area contributed by atoms with Crippen molar-refractivity contribution in [1.82, 2.24) is 0 Å². The summed E-state index contributed by atoms with van der Waals surface area (Å²) in [6.07, 6.45) is -2.69. The molecule has 0 spiro atoms. The minimum atomic E-state index is -2.69. The zero-order valence-electron chi connectivity index (χ0n) is 7.88. The van der Waals surface area contributed by atoms with E-state index in [1.54, 1.807) is 6.07 Å². The molecule has 0 saturated heterocycles. The number of benzene rings is 1. The lowest BCUT2D eigenvalue weighted by atomic mass is 10.0. The first-order valence-corrected chi connectivity index (χ1v) is 5.08. The van der Waals surface area contributed by atoms with Gasteiger partial charge in [-0.05, 0) is 18.6 Å². The molecule has 5 heteroatoms. The number of rotatable bonds is 3. The average molecular weight is 251 g/mol. The largest absolute Gasteiger partial charge is 0.298 e. The molecule has 0 radical (unpaired) electrons. The molecular weight excluding hydrogens is 242 g/mol. The van der Waals surface area contributed by atoms with Crippen LogP contribution in [-0.2, 0) is 4.79 Å². The van der Waals surface area contributed by atoms with E-state index in [9.17, 15) is 13.6 Å². The summed E-state index contributed by atoms with van der Waals surface area (Å²) >= 11 is 9.67. The van der Waals surface area contributed by atoms with Crippen molar-refractivity contribution < 1.29 is 13.6 Å². The van der Waals surface area contributed by atoms with Crippen LogP contribution >= 0.6 is 24.2 Å². The van der Waals surface area contributed by atoms with Crippen LogP contribution in [0.5, 0.6) is 0 Å². The highest BCUT2D eigenvalue weighted by Crippen LogP contribution is 2.35. The van der Waals surface area contributed by atoms with Crippen LogP contribution in [-0.4, -0.2) is 5.78 Å². The summed E-state index contributed by atoms with van der Waals surface area (Å²) in [6.45, 7) is 1.26. The zero-order chi connectivity index (χ0) is 11.6. The molecule has 0 fully saturated rings. The maximum Gasteiger partial charge on any atom is 0.265 e. The summed E-state index contributed by atoms with van der Waals surface area (Å²) in [5, 5.41) is -1.04. The standard InChI is InChI=1S/C10H9ClF2OS/c1-5(14)9(11)6-3-2-4-7(15)8(6)10(12)13/h2-4,9-10,15H,1H3. The molecule has 0 saturated carbocycles. The van der Waals surface area contributed by atoms with E-state index in [4.69, 9.17) is 11.6 Å². The smallest absolute Gasteiger partial charge is 0.265 e. The first-order valence-electron chi connectivity index (χ1n) is 4.19. The van der Waals surface area contributed by atoms with Gasteiger partial charge in [-0.3, -0.25) is 4.79 Å². The Morgan fingerprint density at radius 2 is 2.07 bits per heavy atom. The fraction of sp³-hybridized carbons (Fsp3) is 0.300. The molecule has 0 amide bonds. The molecule has 0 heterocycles. The first-order chi connectivity index (χ1) is 6.95. The second kappa shape index (κ2) is 4.94. The Morgan fingerprint density at radius 3 is 2.53 bits per heavy atom. The molecule has 1 rings (SSSR count). The van der Waals surface area contributed by atoms with E-state index in [-0.39, 0.29) is 21.8 Å². The normalized spacial score (nSPS) is 12.9. The van der Waals surface area contributed by atoms with Gasteiger partial charge in [0.25, 0.3) is 6.43 Å². The number of Topliss-reactive ketones (excluding diaryl/α,β-unsaturated/α-hetero) is 1. The van der Waals surface area contributed by atoms with Gasteiger partial charge in [-0.2, -0.15) is 0 Å². The Morgan fingerprint density at radius 1 is 1.47 bits per heavy atom. The third-order valence-electron chi connectivity index (χ3n) is 1.97. The van der Waals surface area contributed by atoms with E-state index in [2.05, 4.69) is 12.6 Å². The molecule has 0 N–H and O–H groups in total. The molecule has 15 heavy (non-hydrogen) atoms. The summed E-state index contributed by atoms with van der Waals surface area (Å²) in [6, 6.07) is 4.40. The molecule has 0 bridgehead atoms. The Hall–Kier alpha value is -0.610. The number of carbonyl (C=O) groups excluding carboxylic acids is 1. The Labute approximate surface area is 96.8 Å². The van der Waals surface area contributed by atoms with E-state index in [0.717, 1.165) is 0 Å². The van der Waals surface area contributed by atoms with Crippen LogP contribution in [0.4, 0.5) is 8.78 Å². The number of thiol groups is 1. The summed E-state index contributed by atoms with van der Waals surface area (Å²) < 4.78 is 25.4. The van der Waals surface area contributed by atoms with Gasteiger partial charge in [-0.25, -0.2) is 8.78 Å². The SMILES string of the molecule is CC(=O)C(Cl)c1cccc(S)c1C(F)F. The summed E-state index contributed by atoms with van der Waals surface area (Å²) in [7, 11) is 0. The average Bonchev–Trinajstić information content (AvgIpc) is 2.15. The van der Waals surface area contributed by atoms with Crippen molar-refractivity contribution in [1.29, 1.82) is 0 Å². The van der Waals surface area contributed by atoms with Crippen LogP contribution in [0, 0.1) is 0 Å². The monoisotopic (exact) mass is 250 g/mol. The van der Waals surface area contributed by atoms with E-state index in [1.165, 1.54) is 19.1 Å². The molecule has 0 aliphatic carbocycles. The quantitative estimate of drug-likeness (QED) is 0.638. The highest BCUT2D eigenvalue weighted by Gasteiger charge is 2.23. The minimum Gasteiger partial charge on any atom is -0.298 e. The zero-order valence-corrected chi connectivity index (χ0v) is 9.53. The minimum absolute atomic E-state index is 0.131. The fourth-order valence-corrected chi connectivity index (χ4v) is 1.75. The van der Waals surface area contributed by atoms with Crippen molar-refractivity contribution >= 4 is 30.0 Å². The lowest BCUT2D eigenvalue weighted by Gasteiger charge is -2.13. The van der Waals surface area contributed by atoms with Crippen LogP contribution in [0.2, 0.25) is 0 Å². The van der Waals surface area contributed by atoms with Gasteiger partial charge < -0.3 is 0 Å². The van der Waals surface area contributed by atoms with E-state index in [1.807, 2.05) is 0 Å². The second-order valence-electron chi connectivity index (χ2n) is 3.05.